The first-order valence-electron chi connectivity index (χ1n) is 3.69. The number of ether oxygens (including phenoxy) is 3. The number of cyclic esters (lactones) is 1. The standard InChI is InChI=1S/C7H11NO5/c1-4-7(12-3,5(9)11-2)8-6(10)13-4/h4H,1-3H3,(H,8,10)/t4-,7?/m1/s1. The summed E-state index contributed by atoms with van der Waals surface area (Å²) < 4.78 is 14.1. The van der Waals surface area contributed by atoms with Crippen molar-refractivity contribution in [1.29, 1.82) is 0 Å². The third-order valence-corrected chi connectivity index (χ3v) is 1.95. The monoisotopic (exact) mass is 189 g/mol. The fourth-order valence-electron chi connectivity index (χ4n) is 1.20. The van der Waals surface area contributed by atoms with Gasteiger partial charge in [0.05, 0.1) is 7.11 Å². The van der Waals surface area contributed by atoms with Crippen LogP contribution in [0.2, 0.25) is 0 Å². The second-order valence-electron chi connectivity index (χ2n) is 2.60. The van der Waals surface area contributed by atoms with Gasteiger partial charge in [0.25, 0.3) is 5.72 Å². The Labute approximate surface area is 75.1 Å². The molecule has 13 heavy (non-hydrogen) atoms. The van der Waals surface area contributed by atoms with E-state index in [0.717, 1.165) is 0 Å². The number of carbonyl (C=O) groups is 2. The van der Waals surface area contributed by atoms with Crippen molar-refractivity contribution in [3.63, 3.8) is 0 Å². The number of hydrogen-bond acceptors (Lipinski definition) is 5. The average Bonchev–Trinajstić information content (AvgIpc) is 2.40. The molecule has 6 nitrogen and oxygen atoms in total. The van der Waals surface area contributed by atoms with Gasteiger partial charge in [0, 0.05) is 7.11 Å². The highest BCUT2D eigenvalue weighted by atomic mass is 16.6. The Hall–Kier alpha value is -1.30. The molecule has 1 rings (SSSR count). The molecule has 1 fully saturated rings. The van der Waals surface area contributed by atoms with Crippen LogP contribution in [0, 0.1) is 0 Å². The normalized spacial score (nSPS) is 32.2. The van der Waals surface area contributed by atoms with Crippen molar-refractivity contribution in [2.45, 2.75) is 18.8 Å². The molecule has 2 atom stereocenters. The van der Waals surface area contributed by atoms with Crippen LogP contribution in [0.3, 0.4) is 0 Å². The van der Waals surface area contributed by atoms with Gasteiger partial charge < -0.3 is 14.2 Å². The molecule has 1 saturated heterocycles. The molecule has 0 saturated carbocycles. The maximum atomic E-state index is 11.3. The van der Waals surface area contributed by atoms with Gasteiger partial charge in [-0.3, -0.25) is 5.32 Å². The van der Waals surface area contributed by atoms with E-state index in [0.29, 0.717) is 0 Å². The molecule has 0 radical (unpaired) electrons. The van der Waals surface area contributed by atoms with E-state index in [1.807, 2.05) is 0 Å². The minimum Gasteiger partial charge on any atom is -0.465 e. The van der Waals surface area contributed by atoms with Gasteiger partial charge in [0.1, 0.15) is 0 Å². The van der Waals surface area contributed by atoms with Gasteiger partial charge in [-0.15, -0.1) is 0 Å². The molecule has 1 unspecified atom stereocenters. The smallest absolute Gasteiger partial charge is 0.410 e. The quantitative estimate of drug-likeness (QED) is 0.600. The zero-order valence-corrected chi connectivity index (χ0v) is 7.62. The maximum absolute atomic E-state index is 11.3. The van der Waals surface area contributed by atoms with E-state index in [2.05, 4.69) is 10.1 Å². The first-order valence-corrected chi connectivity index (χ1v) is 3.69. The summed E-state index contributed by atoms with van der Waals surface area (Å²) in [5.74, 6) is -0.687. The highest BCUT2D eigenvalue weighted by Crippen LogP contribution is 2.22. The van der Waals surface area contributed by atoms with Crippen LogP contribution in [-0.4, -0.2) is 38.1 Å². The van der Waals surface area contributed by atoms with Crippen molar-refractivity contribution in [3.8, 4) is 0 Å². The van der Waals surface area contributed by atoms with E-state index in [1.54, 1.807) is 6.92 Å². The van der Waals surface area contributed by atoms with E-state index < -0.39 is 23.9 Å². The fourth-order valence-corrected chi connectivity index (χ4v) is 1.20. The number of carbonyl (C=O) groups excluding carboxylic acids is 2. The number of nitrogens with one attached hydrogen (secondary N) is 1. The molecule has 0 aromatic carbocycles. The number of methoxy groups -OCH3 is 2. The summed E-state index contributed by atoms with van der Waals surface area (Å²) >= 11 is 0. The molecule has 0 aliphatic carbocycles. The van der Waals surface area contributed by atoms with Crippen LogP contribution in [0.15, 0.2) is 0 Å². The van der Waals surface area contributed by atoms with E-state index in [-0.39, 0.29) is 0 Å². The number of hydrogen-bond donors (Lipinski definition) is 1. The van der Waals surface area contributed by atoms with Crippen LogP contribution >= 0.6 is 0 Å². The first kappa shape index (κ1) is 9.79. The van der Waals surface area contributed by atoms with E-state index >= 15 is 0 Å². The SMILES string of the molecule is COC(=O)C1(OC)NC(=O)O[C@@H]1C. The molecule has 1 amide bonds. The van der Waals surface area contributed by atoms with Crippen molar-refractivity contribution in [2.75, 3.05) is 14.2 Å². The molecule has 6 heteroatoms. The number of amides is 1. The number of esters is 1. The van der Waals surface area contributed by atoms with E-state index in [9.17, 15) is 9.59 Å². The highest BCUT2D eigenvalue weighted by molar-refractivity contribution is 5.87. The molecule has 0 aromatic heterocycles. The molecule has 74 valence electrons. The van der Waals surface area contributed by atoms with Crippen molar-refractivity contribution in [1.82, 2.24) is 5.32 Å². The molecule has 0 bridgehead atoms. The van der Waals surface area contributed by atoms with Gasteiger partial charge in [-0.05, 0) is 6.92 Å². The van der Waals surface area contributed by atoms with Crippen molar-refractivity contribution in [2.24, 2.45) is 0 Å². The van der Waals surface area contributed by atoms with Crippen LogP contribution in [0.25, 0.3) is 0 Å². The molecular weight excluding hydrogens is 178 g/mol. The predicted octanol–water partition coefficient (Wildman–Crippen LogP) is -0.370. The minimum absolute atomic E-state index is 0.687. The molecule has 0 aromatic rings. The van der Waals surface area contributed by atoms with Crippen LogP contribution in [-0.2, 0) is 19.0 Å². The van der Waals surface area contributed by atoms with Crippen molar-refractivity contribution >= 4 is 12.1 Å². The van der Waals surface area contributed by atoms with Gasteiger partial charge in [0.15, 0.2) is 6.10 Å². The Balaban J connectivity index is 2.93. The lowest BCUT2D eigenvalue weighted by atomic mass is 10.1. The van der Waals surface area contributed by atoms with Gasteiger partial charge in [0.2, 0.25) is 0 Å². The van der Waals surface area contributed by atoms with Crippen LogP contribution < -0.4 is 5.32 Å². The summed E-state index contributed by atoms with van der Waals surface area (Å²) in [6, 6.07) is 0. The summed E-state index contributed by atoms with van der Waals surface area (Å²) in [4.78, 5) is 22.1. The Morgan fingerprint density at radius 3 is 2.54 bits per heavy atom. The third-order valence-electron chi connectivity index (χ3n) is 1.95. The topological polar surface area (TPSA) is 73.9 Å². The van der Waals surface area contributed by atoms with Crippen molar-refractivity contribution < 1.29 is 23.8 Å². The second-order valence-corrected chi connectivity index (χ2v) is 2.60. The number of alkyl carbamates (subject to hydrolysis) is 1. The van der Waals surface area contributed by atoms with Crippen LogP contribution in [0.1, 0.15) is 6.92 Å². The molecule has 0 spiro atoms. The fraction of sp³-hybridized carbons (Fsp3) is 0.714. The van der Waals surface area contributed by atoms with Gasteiger partial charge in [-0.25, -0.2) is 9.59 Å². The Morgan fingerprint density at radius 2 is 2.23 bits per heavy atom. The highest BCUT2D eigenvalue weighted by Gasteiger charge is 2.54. The second kappa shape index (κ2) is 3.21. The van der Waals surface area contributed by atoms with Gasteiger partial charge in [-0.1, -0.05) is 0 Å². The zero-order chi connectivity index (χ0) is 10.1. The summed E-state index contributed by atoms with van der Waals surface area (Å²) in [6.07, 6.45) is -1.41. The number of rotatable bonds is 2. The zero-order valence-electron chi connectivity index (χ0n) is 7.62. The Kier molecular flexibility index (Phi) is 2.42. The maximum Gasteiger partial charge on any atom is 0.410 e. The van der Waals surface area contributed by atoms with Crippen LogP contribution in [0.5, 0.6) is 0 Å². The van der Waals surface area contributed by atoms with E-state index in [1.165, 1.54) is 14.2 Å². The van der Waals surface area contributed by atoms with Crippen LogP contribution in [0.4, 0.5) is 4.79 Å². The summed E-state index contributed by atoms with van der Waals surface area (Å²) in [7, 11) is 2.50. The molecule has 1 heterocycles. The lowest BCUT2D eigenvalue weighted by Crippen LogP contribution is -2.56. The first-order chi connectivity index (χ1) is 6.06. The minimum atomic E-state index is -1.51. The lowest BCUT2D eigenvalue weighted by molar-refractivity contribution is -0.174. The molecular formula is C7H11NO5. The third kappa shape index (κ3) is 1.33. The summed E-state index contributed by atoms with van der Waals surface area (Å²) in [5.41, 5.74) is -1.51. The van der Waals surface area contributed by atoms with Crippen molar-refractivity contribution in [3.05, 3.63) is 0 Å². The average molecular weight is 189 g/mol. The molecule has 1 N–H and O–H groups in total. The Morgan fingerprint density at radius 1 is 1.62 bits per heavy atom. The predicted molar refractivity (Wildman–Crippen MR) is 40.8 cm³/mol. The molecule has 1 aliphatic rings. The van der Waals surface area contributed by atoms with Gasteiger partial charge in [-0.2, -0.15) is 0 Å². The lowest BCUT2D eigenvalue weighted by Gasteiger charge is -2.25. The summed E-state index contributed by atoms with van der Waals surface area (Å²) in [5, 5.41) is 2.26. The summed E-state index contributed by atoms with van der Waals surface area (Å²) in [6.45, 7) is 1.54. The van der Waals surface area contributed by atoms with Gasteiger partial charge >= 0.3 is 12.1 Å². The largest absolute Gasteiger partial charge is 0.465 e. The van der Waals surface area contributed by atoms with E-state index in [4.69, 9.17) is 9.47 Å². The Bertz CT molecular complexity index is 241. The molecule has 1 aliphatic heterocycles.